The van der Waals surface area contributed by atoms with Gasteiger partial charge in [-0.2, -0.15) is 17.5 Å². The molecule has 3 aromatic rings. The van der Waals surface area contributed by atoms with Crippen LogP contribution in [0.15, 0.2) is 63.9 Å². The average molecular weight is 383 g/mol. The molecule has 1 atom stereocenters. The van der Waals surface area contributed by atoms with Crippen molar-refractivity contribution in [3.05, 3.63) is 65.9 Å². The summed E-state index contributed by atoms with van der Waals surface area (Å²) in [6.07, 6.45) is -4.52. The molecule has 4 nitrogen and oxygen atoms in total. The van der Waals surface area contributed by atoms with Gasteiger partial charge in [-0.15, -0.1) is 0 Å². The van der Waals surface area contributed by atoms with Crippen molar-refractivity contribution in [2.45, 2.75) is 24.0 Å². The molecule has 0 aliphatic rings. The first-order chi connectivity index (χ1) is 12.1. The van der Waals surface area contributed by atoms with Gasteiger partial charge >= 0.3 is 6.18 Å². The van der Waals surface area contributed by atoms with Crippen LogP contribution in [0.4, 0.5) is 13.2 Å². The highest BCUT2D eigenvalue weighted by molar-refractivity contribution is 7.89. The third-order valence-electron chi connectivity index (χ3n) is 4.26. The van der Waals surface area contributed by atoms with Gasteiger partial charge in [0.25, 0.3) is 0 Å². The Labute approximate surface area is 148 Å². The molecule has 0 fully saturated rings. The van der Waals surface area contributed by atoms with E-state index in [1.807, 2.05) is 18.2 Å². The molecule has 0 saturated heterocycles. The van der Waals surface area contributed by atoms with E-state index in [0.29, 0.717) is 11.3 Å². The van der Waals surface area contributed by atoms with Crippen LogP contribution in [-0.4, -0.2) is 19.8 Å². The van der Waals surface area contributed by atoms with E-state index in [1.165, 1.54) is 7.05 Å². The highest BCUT2D eigenvalue weighted by Crippen LogP contribution is 2.32. The molecule has 8 heteroatoms. The van der Waals surface area contributed by atoms with Crippen molar-refractivity contribution in [3.63, 3.8) is 0 Å². The average Bonchev–Trinajstić information content (AvgIpc) is 3.04. The highest BCUT2D eigenvalue weighted by Gasteiger charge is 2.32. The number of halogens is 3. The molecular weight excluding hydrogens is 367 g/mol. The lowest BCUT2D eigenvalue weighted by Crippen LogP contribution is -2.29. The van der Waals surface area contributed by atoms with E-state index >= 15 is 0 Å². The molecule has 0 aliphatic carbocycles. The lowest BCUT2D eigenvalue weighted by Gasteiger charge is -2.23. The molecule has 0 saturated carbocycles. The number of hydrogen-bond acceptors (Lipinski definition) is 3. The Morgan fingerprint density at radius 2 is 1.65 bits per heavy atom. The maximum atomic E-state index is 12.7. The van der Waals surface area contributed by atoms with Crippen molar-refractivity contribution in [1.82, 2.24) is 4.31 Å². The summed E-state index contributed by atoms with van der Waals surface area (Å²) in [5.41, 5.74) is -0.265. The Balaban J connectivity index is 1.90. The molecule has 0 radical (unpaired) electrons. The first-order valence-electron chi connectivity index (χ1n) is 7.74. The number of alkyl halides is 3. The lowest BCUT2D eigenvalue weighted by atomic mass is 10.2. The highest BCUT2D eigenvalue weighted by atomic mass is 32.2. The van der Waals surface area contributed by atoms with Gasteiger partial charge in [0.1, 0.15) is 11.3 Å². The van der Waals surface area contributed by atoms with Gasteiger partial charge in [-0.25, -0.2) is 8.42 Å². The zero-order valence-corrected chi connectivity index (χ0v) is 14.8. The van der Waals surface area contributed by atoms with Crippen LogP contribution in [0.5, 0.6) is 0 Å². The van der Waals surface area contributed by atoms with E-state index in [-0.39, 0.29) is 4.90 Å². The molecule has 0 unspecified atom stereocenters. The van der Waals surface area contributed by atoms with Crippen molar-refractivity contribution in [2.75, 3.05) is 7.05 Å². The minimum absolute atomic E-state index is 0.212. The Morgan fingerprint density at radius 3 is 2.23 bits per heavy atom. The van der Waals surface area contributed by atoms with Gasteiger partial charge in [0, 0.05) is 12.4 Å². The van der Waals surface area contributed by atoms with Crippen molar-refractivity contribution in [3.8, 4) is 0 Å². The third kappa shape index (κ3) is 3.34. The number of para-hydroxylation sites is 1. The molecule has 2 aromatic carbocycles. The molecule has 26 heavy (non-hydrogen) atoms. The summed E-state index contributed by atoms with van der Waals surface area (Å²) in [7, 11) is -2.61. The van der Waals surface area contributed by atoms with Crippen LogP contribution in [0.2, 0.25) is 0 Å². The third-order valence-corrected chi connectivity index (χ3v) is 6.20. The van der Waals surface area contributed by atoms with E-state index in [2.05, 4.69) is 0 Å². The Kier molecular flexibility index (Phi) is 4.58. The van der Waals surface area contributed by atoms with Crippen LogP contribution in [-0.2, 0) is 16.2 Å². The summed E-state index contributed by atoms with van der Waals surface area (Å²) < 4.78 is 70.2. The van der Waals surface area contributed by atoms with Crippen molar-refractivity contribution in [2.24, 2.45) is 0 Å². The van der Waals surface area contributed by atoms with Gasteiger partial charge in [0.05, 0.1) is 16.5 Å². The first-order valence-corrected chi connectivity index (χ1v) is 9.18. The monoisotopic (exact) mass is 383 g/mol. The standard InChI is InChI=1S/C18H16F3NO3S/c1-12(17-11-13-5-3-4-6-16(13)25-17)22(2)26(23,24)15-9-7-14(8-10-15)18(19,20)21/h3-12H,1-2H3/t12-/m1/s1. The second-order valence-electron chi connectivity index (χ2n) is 5.91. The quantitative estimate of drug-likeness (QED) is 0.648. The molecule has 3 rings (SSSR count). The minimum Gasteiger partial charge on any atom is -0.459 e. The van der Waals surface area contributed by atoms with Crippen LogP contribution >= 0.6 is 0 Å². The summed E-state index contributed by atoms with van der Waals surface area (Å²) in [6.45, 7) is 1.65. The summed E-state index contributed by atoms with van der Waals surface area (Å²) in [6, 6.07) is 11.8. The van der Waals surface area contributed by atoms with Gasteiger partial charge in [0.2, 0.25) is 10.0 Å². The number of benzene rings is 2. The largest absolute Gasteiger partial charge is 0.459 e. The van der Waals surface area contributed by atoms with Crippen LogP contribution in [0, 0.1) is 0 Å². The summed E-state index contributed by atoms with van der Waals surface area (Å²) >= 11 is 0. The van der Waals surface area contributed by atoms with Gasteiger partial charge in [-0.1, -0.05) is 18.2 Å². The first kappa shape index (κ1) is 18.5. The molecule has 138 valence electrons. The van der Waals surface area contributed by atoms with E-state index < -0.39 is 27.8 Å². The number of furan rings is 1. The maximum absolute atomic E-state index is 12.7. The van der Waals surface area contributed by atoms with Crippen LogP contribution in [0.3, 0.4) is 0 Å². The normalized spacial score (nSPS) is 14.1. The van der Waals surface area contributed by atoms with Crippen molar-refractivity contribution in [1.29, 1.82) is 0 Å². The summed E-state index contributed by atoms with van der Waals surface area (Å²) in [5.74, 6) is 0.448. The number of nitrogens with zero attached hydrogens (tertiary/aromatic N) is 1. The lowest BCUT2D eigenvalue weighted by molar-refractivity contribution is -0.137. The molecule has 0 aliphatic heterocycles. The molecule has 0 bridgehead atoms. The second kappa shape index (κ2) is 6.44. The summed E-state index contributed by atoms with van der Waals surface area (Å²) in [5, 5.41) is 0.842. The predicted molar refractivity (Wildman–Crippen MR) is 91.0 cm³/mol. The zero-order chi connectivity index (χ0) is 19.1. The summed E-state index contributed by atoms with van der Waals surface area (Å²) in [4.78, 5) is -0.212. The van der Waals surface area contributed by atoms with Gasteiger partial charge in [-0.3, -0.25) is 0 Å². The van der Waals surface area contributed by atoms with Gasteiger partial charge < -0.3 is 4.42 Å². The number of hydrogen-bond donors (Lipinski definition) is 0. The fourth-order valence-corrected chi connectivity index (χ4v) is 3.91. The van der Waals surface area contributed by atoms with Crippen LogP contribution in [0.1, 0.15) is 24.3 Å². The fraction of sp³-hybridized carbons (Fsp3) is 0.222. The fourth-order valence-electron chi connectivity index (χ4n) is 2.58. The number of fused-ring (bicyclic) bond motifs is 1. The van der Waals surface area contributed by atoms with E-state index in [0.717, 1.165) is 34.0 Å². The zero-order valence-electron chi connectivity index (χ0n) is 14.0. The van der Waals surface area contributed by atoms with E-state index in [9.17, 15) is 21.6 Å². The Bertz CT molecular complexity index is 991. The SMILES string of the molecule is C[C@H](c1cc2ccccc2o1)N(C)S(=O)(=O)c1ccc(C(F)(F)F)cc1. The topological polar surface area (TPSA) is 50.5 Å². The van der Waals surface area contributed by atoms with Gasteiger partial charge in [0.15, 0.2) is 0 Å². The van der Waals surface area contributed by atoms with Crippen molar-refractivity contribution < 1.29 is 26.0 Å². The van der Waals surface area contributed by atoms with Crippen LogP contribution in [0.25, 0.3) is 11.0 Å². The molecule has 0 amide bonds. The maximum Gasteiger partial charge on any atom is 0.416 e. The van der Waals surface area contributed by atoms with E-state index in [1.54, 1.807) is 19.1 Å². The molecule has 0 N–H and O–H groups in total. The number of sulfonamides is 1. The molecular formula is C18H16F3NO3S. The molecule has 1 aromatic heterocycles. The van der Waals surface area contributed by atoms with E-state index in [4.69, 9.17) is 4.42 Å². The second-order valence-corrected chi connectivity index (χ2v) is 7.90. The van der Waals surface area contributed by atoms with Crippen molar-refractivity contribution >= 4 is 21.0 Å². The Morgan fingerprint density at radius 1 is 1.04 bits per heavy atom. The predicted octanol–water partition coefficient (Wildman–Crippen LogP) is 4.83. The number of rotatable bonds is 4. The van der Waals surface area contributed by atoms with Crippen LogP contribution < -0.4 is 0 Å². The Hall–Kier alpha value is -2.32. The smallest absolute Gasteiger partial charge is 0.416 e. The molecule has 1 heterocycles. The molecule has 0 spiro atoms. The van der Waals surface area contributed by atoms with Gasteiger partial charge in [-0.05, 0) is 43.3 Å². The minimum atomic E-state index is -4.52.